The summed E-state index contributed by atoms with van der Waals surface area (Å²) in [5.74, 6) is 0.00110. The molecule has 3 rings (SSSR count). The number of aryl methyl sites for hydroxylation is 1. The molecule has 2 amide bonds. The quantitative estimate of drug-likeness (QED) is 0.503. The second-order valence-electron chi connectivity index (χ2n) is 6.02. The molecule has 0 radical (unpaired) electrons. The van der Waals surface area contributed by atoms with Gasteiger partial charge in [-0.2, -0.15) is 0 Å². The number of carbonyl (C=O) groups is 2. The van der Waals surface area contributed by atoms with Gasteiger partial charge < -0.3 is 9.47 Å². The number of ether oxygens (including phenoxy) is 2. The molecule has 3 aromatic rings. The van der Waals surface area contributed by atoms with Crippen molar-refractivity contribution >= 4 is 60.2 Å². The Labute approximate surface area is 180 Å². The van der Waals surface area contributed by atoms with Gasteiger partial charge in [-0.25, -0.2) is 27.9 Å². The van der Waals surface area contributed by atoms with Gasteiger partial charge in [0.1, 0.15) is 14.6 Å². The molecule has 10 nitrogen and oxygen atoms in total. The minimum Gasteiger partial charge on any atom is -0.481 e. The Hall–Kier alpha value is -2.77. The number of hydrogen-bond acceptors (Lipinski definition) is 10. The molecule has 0 aliphatic carbocycles. The van der Waals surface area contributed by atoms with E-state index in [4.69, 9.17) is 9.47 Å². The van der Waals surface area contributed by atoms with Gasteiger partial charge in [-0.05, 0) is 24.6 Å². The fourth-order valence-electron chi connectivity index (χ4n) is 2.42. The molecule has 2 N–H and O–H groups in total. The highest BCUT2D eigenvalue weighted by Gasteiger charge is 2.22. The standard InChI is InChI=1S/C17H18N4O6S3/c1-9-8-14(28-12(9)6-7-27-10(2)22)30(24,25)21-16(23)20-17-18-11-4-5-13(26-3)19-15(11)29-17/h4-5,8H,6-7H2,1-3H3,(H2,18,20,21,23). The zero-order valence-corrected chi connectivity index (χ0v) is 18.7. The summed E-state index contributed by atoms with van der Waals surface area (Å²) in [6, 6.07) is 3.85. The average molecular weight is 471 g/mol. The second kappa shape index (κ2) is 8.93. The third-order valence-electron chi connectivity index (χ3n) is 3.78. The van der Waals surface area contributed by atoms with E-state index in [0.29, 0.717) is 22.6 Å². The summed E-state index contributed by atoms with van der Waals surface area (Å²) >= 11 is 2.10. The van der Waals surface area contributed by atoms with Crippen LogP contribution in [0.1, 0.15) is 17.4 Å². The number of aromatic nitrogens is 2. The summed E-state index contributed by atoms with van der Waals surface area (Å²) in [5.41, 5.74) is 1.28. The van der Waals surface area contributed by atoms with Crippen molar-refractivity contribution in [2.24, 2.45) is 0 Å². The third-order valence-corrected chi connectivity index (χ3v) is 7.77. The van der Waals surface area contributed by atoms with Crippen LogP contribution in [0.5, 0.6) is 5.88 Å². The van der Waals surface area contributed by atoms with Crippen LogP contribution < -0.4 is 14.8 Å². The van der Waals surface area contributed by atoms with Crippen molar-refractivity contribution in [2.75, 3.05) is 19.0 Å². The number of methoxy groups -OCH3 is 1. The van der Waals surface area contributed by atoms with Crippen LogP contribution in [-0.2, 0) is 26.0 Å². The van der Waals surface area contributed by atoms with Crippen LogP contribution in [0.2, 0.25) is 0 Å². The first-order valence-electron chi connectivity index (χ1n) is 8.56. The smallest absolute Gasteiger partial charge is 0.334 e. The molecule has 3 heterocycles. The lowest BCUT2D eigenvalue weighted by molar-refractivity contribution is -0.140. The number of pyridine rings is 1. The topological polar surface area (TPSA) is 137 Å². The van der Waals surface area contributed by atoms with Gasteiger partial charge in [-0.1, -0.05) is 11.3 Å². The first-order chi connectivity index (χ1) is 14.2. The maximum atomic E-state index is 12.5. The summed E-state index contributed by atoms with van der Waals surface area (Å²) in [6.45, 7) is 3.21. The van der Waals surface area contributed by atoms with Crippen LogP contribution in [0.3, 0.4) is 0 Å². The predicted octanol–water partition coefficient (Wildman–Crippen LogP) is 2.69. The van der Waals surface area contributed by atoms with Gasteiger partial charge in [0.25, 0.3) is 10.0 Å². The van der Waals surface area contributed by atoms with E-state index in [-0.39, 0.29) is 15.9 Å². The molecule has 13 heteroatoms. The van der Waals surface area contributed by atoms with Gasteiger partial charge in [-0.15, -0.1) is 11.3 Å². The van der Waals surface area contributed by atoms with Crippen molar-refractivity contribution in [3.8, 4) is 5.88 Å². The van der Waals surface area contributed by atoms with E-state index in [1.165, 1.54) is 20.1 Å². The Morgan fingerprint density at radius 1 is 1.20 bits per heavy atom. The van der Waals surface area contributed by atoms with E-state index in [9.17, 15) is 18.0 Å². The van der Waals surface area contributed by atoms with Crippen LogP contribution in [0, 0.1) is 6.92 Å². The number of carbonyl (C=O) groups excluding carboxylic acids is 2. The molecule has 0 aliphatic rings. The zero-order valence-electron chi connectivity index (χ0n) is 16.2. The molecule has 0 atom stereocenters. The highest BCUT2D eigenvalue weighted by Crippen LogP contribution is 2.28. The van der Waals surface area contributed by atoms with Crippen molar-refractivity contribution in [1.82, 2.24) is 14.7 Å². The molecule has 0 fully saturated rings. The van der Waals surface area contributed by atoms with Crippen molar-refractivity contribution in [2.45, 2.75) is 24.5 Å². The van der Waals surface area contributed by atoms with E-state index in [0.717, 1.165) is 33.1 Å². The highest BCUT2D eigenvalue weighted by molar-refractivity contribution is 7.92. The maximum Gasteiger partial charge on any atom is 0.334 e. The Bertz CT molecular complexity index is 1200. The van der Waals surface area contributed by atoms with E-state index in [1.807, 2.05) is 4.72 Å². The lowest BCUT2D eigenvalue weighted by Gasteiger charge is -2.04. The molecular formula is C17H18N4O6S3. The molecule has 30 heavy (non-hydrogen) atoms. The number of rotatable bonds is 7. The van der Waals surface area contributed by atoms with Gasteiger partial charge in [-0.3, -0.25) is 10.1 Å². The fraction of sp³-hybridized carbons (Fsp3) is 0.294. The van der Waals surface area contributed by atoms with Crippen LogP contribution in [0.15, 0.2) is 22.4 Å². The lowest BCUT2D eigenvalue weighted by atomic mass is 10.2. The molecule has 0 spiro atoms. The number of fused-ring (bicyclic) bond motifs is 1. The molecule has 0 bridgehead atoms. The Morgan fingerprint density at radius 2 is 1.97 bits per heavy atom. The summed E-state index contributed by atoms with van der Waals surface area (Å²) in [5, 5.41) is 2.60. The minimum absolute atomic E-state index is 0.0105. The summed E-state index contributed by atoms with van der Waals surface area (Å²) in [4.78, 5) is 32.8. The third kappa shape index (κ3) is 5.23. The Balaban J connectivity index is 1.67. The largest absolute Gasteiger partial charge is 0.481 e. The molecule has 0 saturated carbocycles. The van der Waals surface area contributed by atoms with Crippen molar-refractivity contribution < 1.29 is 27.5 Å². The van der Waals surface area contributed by atoms with Gasteiger partial charge in [0.15, 0.2) is 5.13 Å². The Morgan fingerprint density at radius 3 is 2.67 bits per heavy atom. The van der Waals surface area contributed by atoms with Crippen LogP contribution >= 0.6 is 22.7 Å². The van der Waals surface area contributed by atoms with Crippen LogP contribution in [0.4, 0.5) is 9.93 Å². The SMILES string of the molecule is COc1ccc2nc(NC(=O)NS(=O)(=O)c3cc(C)c(CCOC(C)=O)s3)sc2n1. The monoisotopic (exact) mass is 470 g/mol. The number of sulfonamides is 1. The molecule has 0 aliphatic heterocycles. The fourth-order valence-corrected chi connectivity index (χ4v) is 5.72. The number of nitrogens with zero attached hydrogens (tertiary/aromatic N) is 2. The van der Waals surface area contributed by atoms with E-state index < -0.39 is 22.0 Å². The van der Waals surface area contributed by atoms with Crippen LogP contribution in [0.25, 0.3) is 10.3 Å². The number of hydrogen-bond donors (Lipinski definition) is 2. The molecule has 3 aromatic heterocycles. The Kier molecular flexibility index (Phi) is 6.53. The van der Waals surface area contributed by atoms with Crippen molar-refractivity contribution in [3.63, 3.8) is 0 Å². The average Bonchev–Trinajstić information content (AvgIpc) is 3.23. The number of amides is 2. The normalized spacial score (nSPS) is 11.3. The lowest BCUT2D eigenvalue weighted by Crippen LogP contribution is -2.33. The molecule has 0 saturated heterocycles. The van der Waals surface area contributed by atoms with Gasteiger partial charge in [0.05, 0.1) is 13.7 Å². The maximum absolute atomic E-state index is 12.5. The van der Waals surface area contributed by atoms with Gasteiger partial charge in [0.2, 0.25) is 5.88 Å². The van der Waals surface area contributed by atoms with Crippen molar-refractivity contribution in [3.05, 3.63) is 28.6 Å². The number of thiophene rings is 1. The summed E-state index contributed by atoms with van der Waals surface area (Å²) < 4.78 is 37.0. The van der Waals surface area contributed by atoms with E-state index >= 15 is 0 Å². The summed E-state index contributed by atoms with van der Waals surface area (Å²) in [6.07, 6.45) is 0.389. The second-order valence-corrected chi connectivity index (χ2v) is 10.0. The first kappa shape index (κ1) is 21.9. The molecule has 160 valence electrons. The number of urea groups is 1. The van der Waals surface area contributed by atoms with Crippen LogP contribution in [-0.4, -0.2) is 44.1 Å². The number of esters is 1. The highest BCUT2D eigenvalue weighted by atomic mass is 32.2. The molecule has 0 unspecified atom stereocenters. The van der Waals surface area contributed by atoms with Gasteiger partial charge in [0, 0.05) is 24.3 Å². The molecule has 0 aromatic carbocycles. The van der Waals surface area contributed by atoms with E-state index in [2.05, 4.69) is 15.3 Å². The predicted molar refractivity (Wildman–Crippen MR) is 113 cm³/mol. The van der Waals surface area contributed by atoms with Gasteiger partial charge >= 0.3 is 12.0 Å². The first-order valence-corrected chi connectivity index (χ1v) is 11.7. The number of nitrogens with one attached hydrogen (secondary N) is 2. The zero-order chi connectivity index (χ0) is 21.9. The number of anilines is 1. The van der Waals surface area contributed by atoms with E-state index in [1.54, 1.807) is 19.1 Å². The minimum atomic E-state index is -4.07. The van der Waals surface area contributed by atoms with Crippen molar-refractivity contribution in [1.29, 1.82) is 0 Å². The molecular weight excluding hydrogens is 452 g/mol. The summed E-state index contributed by atoms with van der Waals surface area (Å²) in [7, 11) is -2.59. The number of thiazole rings is 1.